The largest absolute Gasteiger partial charge is 0.371 e. The van der Waals surface area contributed by atoms with E-state index in [2.05, 4.69) is 0 Å². The molecule has 2 radical (unpaired) electrons. The minimum atomic E-state index is -0.0927. The zero-order valence-corrected chi connectivity index (χ0v) is 8.50. The Kier molecular flexibility index (Phi) is 3.15. The van der Waals surface area contributed by atoms with Crippen LogP contribution in [0, 0.1) is 0 Å². The van der Waals surface area contributed by atoms with Crippen molar-refractivity contribution >= 4 is 13.3 Å². The van der Waals surface area contributed by atoms with Gasteiger partial charge in [0.05, 0.1) is 12.2 Å². The van der Waals surface area contributed by atoms with Gasteiger partial charge < -0.3 is 4.74 Å². The lowest BCUT2D eigenvalue weighted by molar-refractivity contribution is -0.0149. The number of benzene rings is 1. The van der Waals surface area contributed by atoms with Crippen LogP contribution in [-0.2, 0) is 11.3 Å². The summed E-state index contributed by atoms with van der Waals surface area (Å²) in [5, 5.41) is 0. The Morgan fingerprint density at radius 2 is 2.00 bits per heavy atom. The molecule has 0 aliphatic heterocycles. The van der Waals surface area contributed by atoms with E-state index in [1.54, 1.807) is 0 Å². The van der Waals surface area contributed by atoms with Gasteiger partial charge in [-0.1, -0.05) is 29.7 Å². The fraction of sp³-hybridized carbons (Fsp3) is 0.455. The van der Waals surface area contributed by atoms with E-state index < -0.39 is 0 Å². The highest BCUT2D eigenvalue weighted by molar-refractivity contribution is 6.32. The summed E-state index contributed by atoms with van der Waals surface area (Å²) in [5.74, 6) is 0. The molecule has 1 aromatic rings. The maximum atomic E-state index is 5.64. The molecule has 2 heteroatoms. The number of ether oxygens (including phenoxy) is 1. The van der Waals surface area contributed by atoms with Gasteiger partial charge in [0.1, 0.15) is 7.85 Å². The van der Waals surface area contributed by atoms with Crippen LogP contribution in [0.25, 0.3) is 0 Å². The molecule has 0 aliphatic rings. The van der Waals surface area contributed by atoms with Gasteiger partial charge in [0.25, 0.3) is 0 Å². The van der Waals surface area contributed by atoms with Crippen LogP contribution in [0.15, 0.2) is 24.3 Å². The molecule has 0 saturated carbocycles. The molecule has 1 aromatic carbocycles. The SMILES string of the molecule is [B]c1cccc(COC(C)(C)C)c1. The van der Waals surface area contributed by atoms with Crippen molar-refractivity contribution in [3.05, 3.63) is 29.8 Å². The first-order valence-electron chi connectivity index (χ1n) is 4.46. The summed E-state index contributed by atoms with van der Waals surface area (Å²) >= 11 is 0. The van der Waals surface area contributed by atoms with Gasteiger partial charge in [-0.05, 0) is 26.3 Å². The molecule has 0 fully saturated rings. The zero-order valence-electron chi connectivity index (χ0n) is 8.50. The monoisotopic (exact) mass is 174 g/mol. The van der Waals surface area contributed by atoms with Gasteiger partial charge in [0.15, 0.2) is 0 Å². The van der Waals surface area contributed by atoms with Gasteiger partial charge in [0, 0.05) is 0 Å². The van der Waals surface area contributed by atoms with Crippen molar-refractivity contribution in [1.82, 2.24) is 0 Å². The highest BCUT2D eigenvalue weighted by Crippen LogP contribution is 2.10. The molecule has 0 unspecified atom stereocenters. The number of hydrogen-bond acceptors (Lipinski definition) is 1. The fourth-order valence-corrected chi connectivity index (χ4v) is 0.983. The minimum Gasteiger partial charge on any atom is -0.371 e. The third kappa shape index (κ3) is 4.14. The van der Waals surface area contributed by atoms with E-state index in [0.717, 1.165) is 11.0 Å². The third-order valence-corrected chi connectivity index (χ3v) is 1.62. The Morgan fingerprint density at radius 1 is 1.31 bits per heavy atom. The van der Waals surface area contributed by atoms with Crippen molar-refractivity contribution < 1.29 is 4.74 Å². The van der Waals surface area contributed by atoms with Crippen molar-refractivity contribution in [2.45, 2.75) is 33.0 Å². The average molecular weight is 174 g/mol. The van der Waals surface area contributed by atoms with Gasteiger partial charge >= 0.3 is 0 Å². The lowest BCUT2D eigenvalue weighted by atomic mass is 9.95. The first kappa shape index (κ1) is 10.3. The molecule has 68 valence electrons. The molecular formula is C11H15BO. The van der Waals surface area contributed by atoms with E-state index in [1.165, 1.54) is 0 Å². The molecule has 1 nitrogen and oxygen atoms in total. The summed E-state index contributed by atoms with van der Waals surface area (Å²) in [4.78, 5) is 0. The third-order valence-electron chi connectivity index (χ3n) is 1.62. The molecule has 0 atom stereocenters. The number of hydrogen-bond donors (Lipinski definition) is 0. The van der Waals surface area contributed by atoms with Crippen molar-refractivity contribution in [3.63, 3.8) is 0 Å². The van der Waals surface area contributed by atoms with Crippen LogP contribution in [0.1, 0.15) is 26.3 Å². The lowest BCUT2D eigenvalue weighted by Gasteiger charge is -2.19. The molecule has 13 heavy (non-hydrogen) atoms. The number of rotatable bonds is 2. The Hall–Kier alpha value is -0.755. The second kappa shape index (κ2) is 3.97. The standard InChI is InChI=1S/C11H15BO/c1-11(2,3)13-8-9-5-4-6-10(12)7-9/h4-7H,8H2,1-3H3. The van der Waals surface area contributed by atoms with Crippen LogP contribution in [0.2, 0.25) is 0 Å². The van der Waals surface area contributed by atoms with Crippen LogP contribution < -0.4 is 5.46 Å². The van der Waals surface area contributed by atoms with Gasteiger partial charge in [-0.3, -0.25) is 0 Å². The van der Waals surface area contributed by atoms with E-state index in [1.807, 2.05) is 45.0 Å². The van der Waals surface area contributed by atoms with Crippen molar-refractivity contribution in [3.8, 4) is 0 Å². The van der Waals surface area contributed by atoms with E-state index in [4.69, 9.17) is 12.6 Å². The highest BCUT2D eigenvalue weighted by Gasteiger charge is 2.09. The second-order valence-electron chi connectivity index (χ2n) is 4.15. The Balaban J connectivity index is 2.55. The molecule has 0 heterocycles. The van der Waals surface area contributed by atoms with Crippen molar-refractivity contribution in [1.29, 1.82) is 0 Å². The van der Waals surface area contributed by atoms with Crippen LogP contribution in [0.4, 0.5) is 0 Å². The van der Waals surface area contributed by atoms with Gasteiger partial charge in [-0.15, -0.1) is 0 Å². The normalized spacial score (nSPS) is 11.6. The molecule has 1 rings (SSSR count). The van der Waals surface area contributed by atoms with E-state index in [9.17, 15) is 0 Å². The Labute approximate surface area is 81.5 Å². The summed E-state index contributed by atoms with van der Waals surface area (Å²) in [6.07, 6.45) is 0. The van der Waals surface area contributed by atoms with E-state index in [0.29, 0.717) is 6.61 Å². The quantitative estimate of drug-likeness (QED) is 0.621. The summed E-state index contributed by atoms with van der Waals surface area (Å²) in [7, 11) is 5.64. The molecular weight excluding hydrogens is 159 g/mol. The Bertz CT molecular complexity index is 276. The molecule has 0 spiro atoms. The van der Waals surface area contributed by atoms with Crippen LogP contribution in [-0.4, -0.2) is 13.4 Å². The Morgan fingerprint density at radius 3 is 2.54 bits per heavy atom. The molecule has 0 bridgehead atoms. The van der Waals surface area contributed by atoms with Crippen LogP contribution in [0.3, 0.4) is 0 Å². The first-order valence-corrected chi connectivity index (χ1v) is 4.46. The molecule has 0 aliphatic carbocycles. The smallest absolute Gasteiger partial charge is 0.113 e. The fourth-order valence-electron chi connectivity index (χ4n) is 0.983. The zero-order chi connectivity index (χ0) is 9.90. The predicted octanol–water partition coefficient (Wildman–Crippen LogP) is 1.80. The predicted molar refractivity (Wildman–Crippen MR) is 56.4 cm³/mol. The summed E-state index contributed by atoms with van der Waals surface area (Å²) in [5.41, 5.74) is 1.81. The van der Waals surface area contributed by atoms with Crippen LogP contribution in [0.5, 0.6) is 0 Å². The summed E-state index contributed by atoms with van der Waals surface area (Å²) in [6, 6.07) is 7.77. The topological polar surface area (TPSA) is 9.23 Å². The summed E-state index contributed by atoms with van der Waals surface area (Å²) < 4.78 is 5.61. The minimum absolute atomic E-state index is 0.0927. The molecule has 0 aromatic heterocycles. The lowest BCUT2D eigenvalue weighted by Crippen LogP contribution is -2.19. The summed E-state index contributed by atoms with van der Waals surface area (Å²) in [6.45, 7) is 6.74. The maximum Gasteiger partial charge on any atom is 0.113 e. The van der Waals surface area contributed by atoms with E-state index >= 15 is 0 Å². The maximum absolute atomic E-state index is 5.64. The van der Waals surface area contributed by atoms with E-state index in [-0.39, 0.29) is 5.60 Å². The van der Waals surface area contributed by atoms with Gasteiger partial charge in [-0.25, -0.2) is 0 Å². The first-order chi connectivity index (χ1) is 5.97. The van der Waals surface area contributed by atoms with Gasteiger partial charge in [0.2, 0.25) is 0 Å². The second-order valence-corrected chi connectivity index (χ2v) is 4.15. The molecule has 0 amide bonds. The van der Waals surface area contributed by atoms with Gasteiger partial charge in [-0.2, -0.15) is 0 Å². The highest BCUT2D eigenvalue weighted by atomic mass is 16.5. The van der Waals surface area contributed by atoms with Crippen molar-refractivity contribution in [2.24, 2.45) is 0 Å². The molecule has 0 N–H and O–H groups in total. The molecule has 0 saturated heterocycles. The van der Waals surface area contributed by atoms with Crippen molar-refractivity contribution in [2.75, 3.05) is 0 Å². The average Bonchev–Trinajstić information content (AvgIpc) is 2.00. The van der Waals surface area contributed by atoms with Crippen LogP contribution >= 0.6 is 0 Å².